The summed E-state index contributed by atoms with van der Waals surface area (Å²) < 4.78 is 37.0. The van der Waals surface area contributed by atoms with Gasteiger partial charge in [-0.3, -0.25) is 9.71 Å². The molecule has 10 heteroatoms. The van der Waals surface area contributed by atoms with Crippen molar-refractivity contribution in [3.05, 3.63) is 42.2 Å². The van der Waals surface area contributed by atoms with Crippen molar-refractivity contribution >= 4 is 32.3 Å². The molecule has 9 nitrogen and oxygen atoms in total. The van der Waals surface area contributed by atoms with Crippen molar-refractivity contribution in [1.82, 2.24) is 9.97 Å². The van der Waals surface area contributed by atoms with Gasteiger partial charge in [-0.2, -0.15) is 5.26 Å². The van der Waals surface area contributed by atoms with Crippen molar-refractivity contribution in [3.63, 3.8) is 0 Å². The van der Waals surface area contributed by atoms with Crippen LogP contribution in [0.15, 0.2) is 36.7 Å². The molecule has 1 unspecified atom stereocenters. The molecule has 1 saturated heterocycles. The first kappa shape index (κ1) is 23.7. The molecule has 0 radical (unpaired) electrons. The summed E-state index contributed by atoms with van der Waals surface area (Å²) in [5, 5.41) is 10.7. The van der Waals surface area contributed by atoms with Crippen LogP contribution in [-0.2, 0) is 14.8 Å². The van der Waals surface area contributed by atoms with Gasteiger partial charge in [0.05, 0.1) is 49.4 Å². The van der Waals surface area contributed by atoms with Gasteiger partial charge in [0, 0.05) is 29.9 Å². The average Bonchev–Trinajstić information content (AvgIpc) is 2.81. The van der Waals surface area contributed by atoms with Crippen LogP contribution in [0.1, 0.15) is 19.4 Å². The molecule has 3 heterocycles. The lowest BCUT2D eigenvalue weighted by molar-refractivity contribution is 0.0808. The molecule has 2 aromatic heterocycles. The third kappa shape index (κ3) is 4.76. The average molecular weight is 482 g/mol. The Morgan fingerprint density at radius 3 is 2.71 bits per heavy atom. The highest BCUT2D eigenvalue weighted by atomic mass is 32.2. The van der Waals surface area contributed by atoms with Crippen molar-refractivity contribution in [2.45, 2.75) is 19.9 Å². The van der Waals surface area contributed by atoms with Crippen molar-refractivity contribution < 1.29 is 17.9 Å². The van der Waals surface area contributed by atoms with E-state index in [1.165, 1.54) is 7.11 Å². The number of fused-ring (bicyclic) bond motifs is 1. The number of anilines is 2. The third-order valence-corrected chi connectivity index (χ3v) is 6.45. The topological polar surface area (TPSA) is 117 Å². The number of nitrogens with zero attached hydrogens (tertiary/aromatic N) is 4. The zero-order chi connectivity index (χ0) is 24.5. The maximum Gasteiger partial charge on any atom is 0.238 e. The highest BCUT2D eigenvalue weighted by molar-refractivity contribution is 7.92. The number of rotatable bonds is 6. The number of morpholine rings is 1. The van der Waals surface area contributed by atoms with Crippen LogP contribution in [0, 0.1) is 17.2 Å². The smallest absolute Gasteiger partial charge is 0.238 e. The van der Waals surface area contributed by atoms with E-state index in [1.54, 1.807) is 18.5 Å². The summed E-state index contributed by atoms with van der Waals surface area (Å²) in [6.45, 7) is 6.14. The van der Waals surface area contributed by atoms with Crippen LogP contribution < -0.4 is 14.4 Å². The fraction of sp³-hybridized carbons (Fsp3) is 0.375. The molecule has 178 valence electrons. The Balaban J connectivity index is 1.88. The maximum atomic E-state index is 11.8. The molecule has 1 aliphatic heterocycles. The van der Waals surface area contributed by atoms with E-state index >= 15 is 0 Å². The molecule has 0 amide bonds. The first-order valence-electron chi connectivity index (χ1n) is 10.9. The van der Waals surface area contributed by atoms with E-state index in [-0.39, 0.29) is 17.6 Å². The third-order valence-electron chi connectivity index (χ3n) is 5.86. The number of nitrogens with one attached hydrogen (secondary N) is 1. The van der Waals surface area contributed by atoms with Crippen LogP contribution in [0.25, 0.3) is 22.0 Å². The van der Waals surface area contributed by atoms with E-state index in [4.69, 9.17) is 9.47 Å². The second-order valence-corrected chi connectivity index (χ2v) is 10.3. The highest BCUT2D eigenvalue weighted by Gasteiger charge is 2.29. The van der Waals surface area contributed by atoms with E-state index in [1.807, 2.05) is 18.2 Å². The minimum absolute atomic E-state index is 0.128. The lowest BCUT2D eigenvalue weighted by Crippen LogP contribution is -2.48. The molecular formula is C24H27N5O4S. The number of aromatic nitrogens is 2. The van der Waals surface area contributed by atoms with Gasteiger partial charge >= 0.3 is 0 Å². The van der Waals surface area contributed by atoms with Gasteiger partial charge in [0.25, 0.3) is 0 Å². The molecule has 1 atom stereocenters. The minimum Gasteiger partial charge on any atom is -0.480 e. The van der Waals surface area contributed by atoms with Crippen LogP contribution in [0.5, 0.6) is 5.88 Å². The van der Waals surface area contributed by atoms with Gasteiger partial charge in [-0.1, -0.05) is 19.9 Å². The van der Waals surface area contributed by atoms with Crippen molar-refractivity contribution in [1.29, 1.82) is 5.26 Å². The lowest BCUT2D eigenvalue weighted by atomic mass is 9.97. The summed E-state index contributed by atoms with van der Waals surface area (Å²) in [5.41, 5.74) is 3.87. The van der Waals surface area contributed by atoms with Crippen LogP contribution in [-0.4, -0.2) is 57.6 Å². The minimum atomic E-state index is -3.52. The summed E-state index contributed by atoms with van der Waals surface area (Å²) >= 11 is 0. The fourth-order valence-electron chi connectivity index (χ4n) is 4.25. The van der Waals surface area contributed by atoms with Gasteiger partial charge < -0.3 is 14.4 Å². The lowest BCUT2D eigenvalue weighted by Gasteiger charge is -2.40. The normalized spacial score (nSPS) is 16.5. The highest BCUT2D eigenvalue weighted by Crippen LogP contribution is 2.36. The molecule has 0 saturated carbocycles. The Kier molecular flexibility index (Phi) is 6.59. The molecule has 3 aromatic rings. The Labute approximate surface area is 199 Å². The Bertz CT molecular complexity index is 1370. The molecule has 0 aliphatic carbocycles. The van der Waals surface area contributed by atoms with Crippen LogP contribution in [0.3, 0.4) is 0 Å². The fourth-order valence-corrected chi connectivity index (χ4v) is 4.79. The van der Waals surface area contributed by atoms with Gasteiger partial charge in [-0.25, -0.2) is 13.4 Å². The summed E-state index contributed by atoms with van der Waals surface area (Å²) in [4.78, 5) is 11.0. The predicted octanol–water partition coefficient (Wildman–Crippen LogP) is 3.41. The predicted molar refractivity (Wildman–Crippen MR) is 131 cm³/mol. The molecular weight excluding hydrogens is 454 g/mol. The number of sulfonamides is 1. The largest absolute Gasteiger partial charge is 0.480 e. The zero-order valence-corrected chi connectivity index (χ0v) is 20.4. The number of pyridine rings is 2. The molecule has 1 aliphatic rings. The van der Waals surface area contributed by atoms with Crippen LogP contribution in [0.2, 0.25) is 0 Å². The zero-order valence-electron chi connectivity index (χ0n) is 19.6. The quantitative estimate of drug-likeness (QED) is 0.569. The maximum absolute atomic E-state index is 11.8. The van der Waals surface area contributed by atoms with Crippen LogP contribution >= 0.6 is 0 Å². The van der Waals surface area contributed by atoms with Gasteiger partial charge in [-0.05, 0) is 29.7 Å². The molecule has 0 spiro atoms. The summed E-state index contributed by atoms with van der Waals surface area (Å²) in [6.07, 6.45) is 4.32. The summed E-state index contributed by atoms with van der Waals surface area (Å²) in [7, 11) is -2.09. The molecule has 34 heavy (non-hydrogen) atoms. The first-order chi connectivity index (χ1) is 16.2. The standard InChI is InChI=1S/C24H27N5O4S/c1-15(2)22-14-33-8-7-29(22)23-18(11-25)13-26-20-6-5-16(9-19(20)23)17-10-21(28-34(4,30)31)24(32-3)27-12-17/h5-6,9-10,12-13,15,22,28H,7-8,14H2,1-4H3. The van der Waals surface area contributed by atoms with Gasteiger partial charge in [0.1, 0.15) is 11.8 Å². The van der Waals surface area contributed by atoms with Crippen molar-refractivity contribution in [3.8, 4) is 23.1 Å². The Morgan fingerprint density at radius 2 is 2.03 bits per heavy atom. The number of methoxy groups -OCH3 is 1. The van der Waals surface area contributed by atoms with E-state index in [2.05, 4.69) is 39.5 Å². The molecule has 1 fully saturated rings. The first-order valence-corrected chi connectivity index (χ1v) is 12.8. The van der Waals surface area contributed by atoms with Crippen LogP contribution in [0.4, 0.5) is 11.4 Å². The number of hydrogen-bond donors (Lipinski definition) is 1. The van der Waals surface area contributed by atoms with E-state index in [9.17, 15) is 13.7 Å². The van der Waals surface area contributed by atoms with Gasteiger partial charge in [0.2, 0.25) is 15.9 Å². The Hall–Kier alpha value is -3.42. The SMILES string of the molecule is COc1ncc(-c2ccc3ncc(C#N)c(N4CCOCC4C(C)C)c3c2)cc1NS(C)(=O)=O. The molecule has 0 bridgehead atoms. The van der Waals surface area contributed by atoms with Gasteiger partial charge in [-0.15, -0.1) is 0 Å². The van der Waals surface area contributed by atoms with Gasteiger partial charge in [0.15, 0.2) is 0 Å². The molecule has 1 aromatic carbocycles. The molecule has 1 N–H and O–H groups in total. The van der Waals surface area contributed by atoms with E-state index in [0.717, 1.165) is 28.4 Å². The monoisotopic (exact) mass is 481 g/mol. The second kappa shape index (κ2) is 9.44. The number of nitriles is 1. The van der Waals surface area contributed by atoms with E-state index < -0.39 is 10.0 Å². The summed E-state index contributed by atoms with van der Waals surface area (Å²) in [5.74, 6) is 0.505. The number of benzene rings is 1. The number of hydrogen-bond acceptors (Lipinski definition) is 8. The number of ether oxygens (including phenoxy) is 2. The van der Waals surface area contributed by atoms with Crippen molar-refractivity contribution in [2.75, 3.05) is 42.7 Å². The Morgan fingerprint density at radius 1 is 1.24 bits per heavy atom. The van der Waals surface area contributed by atoms with E-state index in [0.29, 0.717) is 36.8 Å². The summed E-state index contributed by atoms with van der Waals surface area (Å²) in [6, 6.07) is 9.88. The van der Waals surface area contributed by atoms with Crippen molar-refractivity contribution in [2.24, 2.45) is 5.92 Å². The molecule has 4 rings (SSSR count). The second-order valence-electron chi connectivity index (χ2n) is 8.60.